The van der Waals surface area contributed by atoms with E-state index < -0.39 is 23.5 Å². The van der Waals surface area contributed by atoms with Gasteiger partial charge in [0.25, 0.3) is 5.91 Å². The predicted octanol–water partition coefficient (Wildman–Crippen LogP) is 2.00. The van der Waals surface area contributed by atoms with E-state index >= 15 is 0 Å². The average Bonchev–Trinajstić information content (AvgIpc) is 2.50. The lowest BCUT2D eigenvalue weighted by Gasteiger charge is -2.27. The van der Waals surface area contributed by atoms with Gasteiger partial charge in [-0.1, -0.05) is 37.3 Å². The number of carboxylic acid groups (broad SMARTS) is 1. The minimum absolute atomic E-state index is 0.342. The molecular weight excluding hydrogens is 270 g/mol. The van der Waals surface area contributed by atoms with Crippen LogP contribution in [0.4, 0.5) is 0 Å². The number of carbonyl (C=O) groups is 2. The SMILES string of the molecule is CCC(C)(OC)C(=O)N[C@@H](CCc1ccccc1)C(=O)O. The monoisotopic (exact) mass is 293 g/mol. The molecule has 0 saturated carbocycles. The van der Waals surface area contributed by atoms with E-state index in [-0.39, 0.29) is 0 Å². The number of methoxy groups -OCH3 is 1. The highest BCUT2D eigenvalue weighted by Gasteiger charge is 2.33. The third kappa shape index (κ3) is 4.86. The number of hydrogen-bond acceptors (Lipinski definition) is 3. The van der Waals surface area contributed by atoms with Crippen molar-refractivity contribution in [2.75, 3.05) is 7.11 Å². The molecule has 0 aromatic heterocycles. The molecule has 2 N–H and O–H groups in total. The summed E-state index contributed by atoms with van der Waals surface area (Å²) in [7, 11) is 1.45. The van der Waals surface area contributed by atoms with Crippen molar-refractivity contribution < 1.29 is 19.4 Å². The van der Waals surface area contributed by atoms with Crippen molar-refractivity contribution in [3.05, 3.63) is 35.9 Å². The van der Waals surface area contributed by atoms with Gasteiger partial charge in [0.05, 0.1) is 0 Å². The second-order valence-electron chi connectivity index (χ2n) is 5.18. The van der Waals surface area contributed by atoms with E-state index in [1.807, 2.05) is 37.3 Å². The number of ether oxygens (including phenoxy) is 1. The minimum atomic E-state index is -1.03. The summed E-state index contributed by atoms with van der Waals surface area (Å²) in [6.07, 6.45) is 1.41. The zero-order valence-electron chi connectivity index (χ0n) is 12.8. The summed E-state index contributed by atoms with van der Waals surface area (Å²) >= 11 is 0. The quantitative estimate of drug-likeness (QED) is 0.768. The second kappa shape index (κ2) is 7.78. The van der Waals surface area contributed by atoms with Gasteiger partial charge in [0.2, 0.25) is 0 Å². The van der Waals surface area contributed by atoms with Crippen LogP contribution in [-0.2, 0) is 20.7 Å². The van der Waals surface area contributed by atoms with Gasteiger partial charge in [0.1, 0.15) is 11.6 Å². The standard InChI is InChI=1S/C16H23NO4/c1-4-16(2,21-3)15(20)17-13(14(18)19)11-10-12-8-6-5-7-9-12/h5-9,13H,4,10-11H2,1-3H3,(H,17,20)(H,18,19)/t13-,16?/m0/s1. The van der Waals surface area contributed by atoms with E-state index in [1.54, 1.807) is 6.92 Å². The first-order chi connectivity index (χ1) is 9.92. The highest BCUT2D eigenvalue weighted by molar-refractivity contribution is 5.88. The summed E-state index contributed by atoms with van der Waals surface area (Å²) in [5.41, 5.74) is 0.0449. The van der Waals surface area contributed by atoms with Gasteiger partial charge in [-0.3, -0.25) is 4.79 Å². The summed E-state index contributed by atoms with van der Waals surface area (Å²) in [4.78, 5) is 23.5. The highest BCUT2D eigenvalue weighted by Crippen LogP contribution is 2.15. The van der Waals surface area contributed by atoms with Crippen molar-refractivity contribution in [2.45, 2.75) is 44.8 Å². The number of benzene rings is 1. The Hall–Kier alpha value is -1.88. The average molecular weight is 293 g/mol. The fourth-order valence-electron chi connectivity index (χ4n) is 1.92. The third-order valence-electron chi connectivity index (χ3n) is 3.77. The fourth-order valence-corrected chi connectivity index (χ4v) is 1.92. The maximum atomic E-state index is 12.2. The Morgan fingerprint density at radius 1 is 1.33 bits per heavy atom. The molecule has 116 valence electrons. The number of aryl methyl sites for hydroxylation is 1. The van der Waals surface area contributed by atoms with E-state index in [2.05, 4.69) is 5.32 Å². The summed E-state index contributed by atoms with van der Waals surface area (Å²) in [6, 6.07) is 8.67. The van der Waals surface area contributed by atoms with Gasteiger partial charge in [-0.25, -0.2) is 4.79 Å². The first-order valence-corrected chi connectivity index (χ1v) is 7.05. The molecule has 0 fully saturated rings. The lowest BCUT2D eigenvalue weighted by Crippen LogP contribution is -2.51. The van der Waals surface area contributed by atoms with Gasteiger partial charge < -0.3 is 15.2 Å². The van der Waals surface area contributed by atoms with E-state index in [1.165, 1.54) is 7.11 Å². The van der Waals surface area contributed by atoms with E-state index in [4.69, 9.17) is 4.74 Å². The molecule has 5 heteroatoms. The minimum Gasteiger partial charge on any atom is -0.480 e. The number of rotatable bonds is 8. The zero-order valence-corrected chi connectivity index (χ0v) is 12.8. The summed E-state index contributed by atoms with van der Waals surface area (Å²) in [5, 5.41) is 11.8. The Labute approximate surface area is 125 Å². The molecule has 1 aromatic carbocycles. The van der Waals surface area contributed by atoms with Gasteiger partial charge >= 0.3 is 5.97 Å². The predicted molar refractivity (Wildman–Crippen MR) is 80.0 cm³/mol. The number of carboxylic acids is 1. The van der Waals surface area contributed by atoms with Crippen LogP contribution in [0.25, 0.3) is 0 Å². The Morgan fingerprint density at radius 3 is 2.43 bits per heavy atom. The topological polar surface area (TPSA) is 75.6 Å². The molecule has 1 unspecified atom stereocenters. The van der Waals surface area contributed by atoms with Crippen LogP contribution >= 0.6 is 0 Å². The molecule has 21 heavy (non-hydrogen) atoms. The maximum Gasteiger partial charge on any atom is 0.326 e. The van der Waals surface area contributed by atoms with Crippen LogP contribution in [0.2, 0.25) is 0 Å². The number of amides is 1. The normalized spacial score (nSPS) is 15.0. The first-order valence-electron chi connectivity index (χ1n) is 7.05. The molecule has 0 saturated heterocycles. The summed E-state index contributed by atoms with van der Waals surface area (Å²) in [5.74, 6) is -1.43. The van der Waals surface area contributed by atoms with E-state index in [0.29, 0.717) is 19.3 Å². The summed E-state index contributed by atoms with van der Waals surface area (Å²) < 4.78 is 5.19. The molecule has 5 nitrogen and oxygen atoms in total. The zero-order chi connectivity index (χ0) is 15.9. The van der Waals surface area contributed by atoms with Gasteiger partial charge in [-0.15, -0.1) is 0 Å². The van der Waals surface area contributed by atoms with Crippen molar-refractivity contribution in [1.29, 1.82) is 0 Å². The molecule has 2 atom stereocenters. The Bertz CT molecular complexity index is 468. The Kier molecular flexibility index (Phi) is 6.37. The molecule has 0 aliphatic carbocycles. The number of carbonyl (C=O) groups excluding carboxylic acids is 1. The molecule has 0 aliphatic heterocycles. The Morgan fingerprint density at radius 2 is 1.95 bits per heavy atom. The first kappa shape index (κ1) is 17.2. The highest BCUT2D eigenvalue weighted by atomic mass is 16.5. The van der Waals surface area contributed by atoms with Gasteiger partial charge in [-0.2, -0.15) is 0 Å². The van der Waals surface area contributed by atoms with Gasteiger partial charge in [0.15, 0.2) is 0 Å². The maximum absolute atomic E-state index is 12.2. The number of hydrogen-bond donors (Lipinski definition) is 2. The van der Waals surface area contributed by atoms with E-state index in [9.17, 15) is 14.7 Å². The van der Waals surface area contributed by atoms with Gasteiger partial charge in [0, 0.05) is 7.11 Å². The third-order valence-corrected chi connectivity index (χ3v) is 3.77. The van der Waals surface area contributed by atoms with Crippen LogP contribution in [0.15, 0.2) is 30.3 Å². The van der Waals surface area contributed by atoms with Crippen LogP contribution in [0.1, 0.15) is 32.3 Å². The van der Waals surface area contributed by atoms with Crippen molar-refractivity contribution in [1.82, 2.24) is 5.32 Å². The lowest BCUT2D eigenvalue weighted by molar-refractivity contribution is -0.148. The van der Waals surface area contributed by atoms with Gasteiger partial charge in [-0.05, 0) is 31.7 Å². The van der Waals surface area contributed by atoms with Crippen LogP contribution < -0.4 is 5.32 Å². The molecule has 0 bridgehead atoms. The molecule has 0 aliphatic rings. The molecule has 0 heterocycles. The number of nitrogens with one attached hydrogen (secondary N) is 1. The van der Waals surface area contributed by atoms with Crippen LogP contribution in [0.5, 0.6) is 0 Å². The van der Waals surface area contributed by atoms with Crippen LogP contribution in [0.3, 0.4) is 0 Å². The smallest absolute Gasteiger partial charge is 0.326 e. The number of aliphatic carboxylic acids is 1. The van der Waals surface area contributed by atoms with Crippen molar-refractivity contribution in [3.8, 4) is 0 Å². The molecule has 1 amide bonds. The summed E-state index contributed by atoms with van der Waals surface area (Å²) in [6.45, 7) is 3.47. The van der Waals surface area contributed by atoms with Crippen molar-refractivity contribution in [2.24, 2.45) is 0 Å². The molecule has 1 rings (SSSR count). The van der Waals surface area contributed by atoms with Crippen molar-refractivity contribution >= 4 is 11.9 Å². The largest absolute Gasteiger partial charge is 0.480 e. The van der Waals surface area contributed by atoms with Crippen LogP contribution in [-0.4, -0.2) is 35.7 Å². The van der Waals surface area contributed by atoms with Crippen LogP contribution in [0, 0.1) is 0 Å². The van der Waals surface area contributed by atoms with E-state index in [0.717, 1.165) is 5.56 Å². The second-order valence-corrected chi connectivity index (χ2v) is 5.18. The molecule has 0 radical (unpaired) electrons. The molecule has 1 aromatic rings. The molecule has 0 spiro atoms. The Balaban J connectivity index is 2.66. The molecular formula is C16H23NO4. The lowest BCUT2D eigenvalue weighted by atomic mass is 10.00. The fraction of sp³-hybridized carbons (Fsp3) is 0.500. The van der Waals surface area contributed by atoms with Crippen molar-refractivity contribution in [3.63, 3.8) is 0 Å².